The molecule has 0 amide bonds. The van der Waals surface area contributed by atoms with Crippen LogP contribution in [0.4, 0.5) is 5.82 Å². The molecule has 0 saturated heterocycles. The lowest BCUT2D eigenvalue weighted by molar-refractivity contribution is 0.301. The van der Waals surface area contributed by atoms with Crippen LogP contribution in [0, 0.1) is 0 Å². The Bertz CT molecular complexity index is 563. The first-order chi connectivity index (χ1) is 8.56. The fraction of sp³-hybridized carbons (Fsp3) is 0.0909. The molecule has 0 saturated carbocycles. The molecule has 0 aliphatic carbocycles. The van der Waals surface area contributed by atoms with Gasteiger partial charge < -0.3 is 10.5 Å². The molecule has 2 N–H and O–H groups in total. The average molecular weight is 349 g/mol. The van der Waals surface area contributed by atoms with Crippen LogP contribution in [-0.2, 0) is 6.61 Å². The summed E-state index contributed by atoms with van der Waals surface area (Å²) < 4.78 is 6.23. The van der Waals surface area contributed by atoms with Crippen LogP contribution in [0.1, 0.15) is 5.69 Å². The number of ether oxygens (including phenoxy) is 1. The number of nitrogen functional groups attached to an aromatic ring is 1. The standard InChI is InChI=1S/C11H8BrCl2N3O/c12-7-1-9(14)10(2-8(7)13)18-5-6-3-17-11(15)4-16-6/h1-4H,5H2,(H2,15,17). The van der Waals surface area contributed by atoms with Gasteiger partial charge in [0.25, 0.3) is 0 Å². The molecule has 1 heterocycles. The number of aromatic nitrogens is 2. The van der Waals surface area contributed by atoms with Crippen molar-refractivity contribution in [2.75, 3.05) is 5.73 Å². The minimum atomic E-state index is 0.241. The van der Waals surface area contributed by atoms with Crippen molar-refractivity contribution in [3.8, 4) is 5.75 Å². The Labute approximate surface area is 122 Å². The molecule has 1 aromatic carbocycles. The zero-order valence-electron chi connectivity index (χ0n) is 9.03. The van der Waals surface area contributed by atoms with Gasteiger partial charge in [-0.05, 0) is 22.0 Å². The Hall–Kier alpha value is -1.04. The summed E-state index contributed by atoms with van der Waals surface area (Å²) in [5.41, 5.74) is 6.09. The fourth-order valence-corrected chi connectivity index (χ4v) is 2.05. The molecule has 7 heteroatoms. The molecular weight excluding hydrogens is 341 g/mol. The van der Waals surface area contributed by atoms with E-state index in [0.29, 0.717) is 31.8 Å². The lowest BCUT2D eigenvalue weighted by Gasteiger charge is -2.08. The van der Waals surface area contributed by atoms with E-state index in [4.69, 9.17) is 33.7 Å². The van der Waals surface area contributed by atoms with Gasteiger partial charge in [0, 0.05) is 10.5 Å². The van der Waals surface area contributed by atoms with E-state index in [-0.39, 0.29) is 6.61 Å². The summed E-state index contributed by atoms with van der Waals surface area (Å²) in [6.07, 6.45) is 3.01. The molecule has 94 valence electrons. The van der Waals surface area contributed by atoms with E-state index >= 15 is 0 Å². The molecule has 1 aromatic heterocycles. The Morgan fingerprint density at radius 1 is 1.17 bits per heavy atom. The van der Waals surface area contributed by atoms with E-state index in [1.807, 2.05) is 0 Å². The molecule has 4 nitrogen and oxygen atoms in total. The van der Waals surface area contributed by atoms with Crippen molar-refractivity contribution in [3.05, 3.63) is 44.7 Å². The summed E-state index contributed by atoms with van der Waals surface area (Å²) in [4.78, 5) is 7.98. The van der Waals surface area contributed by atoms with E-state index < -0.39 is 0 Å². The van der Waals surface area contributed by atoms with Gasteiger partial charge in [0.15, 0.2) is 0 Å². The highest BCUT2D eigenvalue weighted by molar-refractivity contribution is 9.10. The van der Waals surface area contributed by atoms with Crippen LogP contribution in [0.15, 0.2) is 29.0 Å². The van der Waals surface area contributed by atoms with Crippen LogP contribution in [0.5, 0.6) is 5.75 Å². The van der Waals surface area contributed by atoms with Gasteiger partial charge in [0.1, 0.15) is 18.2 Å². The van der Waals surface area contributed by atoms with Crippen molar-refractivity contribution in [3.63, 3.8) is 0 Å². The minimum Gasteiger partial charge on any atom is -0.486 e. The lowest BCUT2D eigenvalue weighted by Crippen LogP contribution is -2.01. The predicted octanol–water partition coefficient (Wildman–Crippen LogP) is 3.71. The summed E-state index contributed by atoms with van der Waals surface area (Å²) in [6, 6.07) is 3.31. The SMILES string of the molecule is Nc1cnc(COc2cc(Cl)c(Br)cc2Cl)cn1. The quantitative estimate of drug-likeness (QED) is 0.859. The maximum absolute atomic E-state index is 6.02. The first kappa shape index (κ1) is 13.4. The predicted molar refractivity (Wildman–Crippen MR) is 74.9 cm³/mol. The minimum absolute atomic E-state index is 0.241. The Balaban J connectivity index is 2.10. The number of anilines is 1. The van der Waals surface area contributed by atoms with Crippen LogP contribution in [0.2, 0.25) is 10.0 Å². The zero-order valence-corrected chi connectivity index (χ0v) is 12.1. The number of benzene rings is 1. The second-order valence-corrected chi connectivity index (χ2v) is 5.09. The third-order valence-corrected chi connectivity index (χ3v) is 3.57. The summed E-state index contributed by atoms with van der Waals surface area (Å²) in [7, 11) is 0. The molecule has 0 radical (unpaired) electrons. The van der Waals surface area contributed by atoms with Gasteiger partial charge in [0.05, 0.1) is 28.1 Å². The van der Waals surface area contributed by atoms with Crippen LogP contribution >= 0.6 is 39.1 Å². The van der Waals surface area contributed by atoms with Crippen LogP contribution in [0.3, 0.4) is 0 Å². The Kier molecular flexibility index (Phi) is 4.27. The molecular formula is C11H8BrCl2N3O. The van der Waals surface area contributed by atoms with Gasteiger partial charge in [-0.2, -0.15) is 0 Å². The molecule has 2 aromatic rings. The monoisotopic (exact) mass is 347 g/mol. The van der Waals surface area contributed by atoms with Crippen molar-refractivity contribution >= 4 is 44.9 Å². The zero-order chi connectivity index (χ0) is 13.1. The van der Waals surface area contributed by atoms with Crippen molar-refractivity contribution < 1.29 is 4.74 Å². The maximum Gasteiger partial charge on any atom is 0.141 e. The summed E-state index contributed by atoms with van der Waals surface area (Å²) in [5.74, 6) is 0.854. The molecule has 0 bridgehead atoms. The average Bonchev–Trinajstić information content (AvgIpc) is 2.34. The number of nitrogens with zero attached hydrogens (tertiary/aromatic N) is 2. The molecule has 18 heavy (non-hydrogen) atoms. The van der Waals surface area contributed by atoms with Gasteiger partial charge in [-0.3, -0.25) is 4.98 Å². The first-order valence-electron chi connectivity index (χ1n) is 4.90. The second-order valence-electron chi connectivity index (χ2n) is 3.42. The van der Waals surface area contributed by atoms with E-state index in [1.54, 1.807) is 18.3 Å². The van der Waals surface area contributed by atoms with Gasteiger partial charge in [0.2, 0.25) is 0 Å². The highest BCUT2D eigenvalue weighted by atomic mass is 79.9. The van der Waals surface area contributed by atoms with Gasteiger partial charge in [-0.15, -0.1) is 0 Å². The van der Waals surface area contributed by atoms with Crippen molar-refractivity contribution in [1.82, 2.24) is 9.97 Å². The van der Waals surface area contributed by atoms with E-state index in [1.165, 1.54) is 6.20 Å². The van der Waals surface area contributed by atoms with Gasteiger partial charge >= 0.3 is 0 Å². The molecule has 0 unspecified atom stereocenters. The topological polar surface area (TPSA) is 61.0 Å². The molecule has 0 aliphatic rings. The number of halogens is 3. The van der Waals surface area contributed by atoms with E-state index in [9.17, 15) is 0 Å². The molecule has 2 rings (SSSR count). The molecule has 0 fully saturated rings. The smallest absolute Gasteiger partial charge is 0.141 e. The van der Waals surface area contributed by atoms with Crippen LogP contribution in [0.25, 0.3) is 0 Å². The Morgan fingerprint density at radius 2 is 1.94 bits per heavy atom. The van der Waals surface area contributed by atoms with Crippen LogP contribution in [-0.4, -0.2) is 9.97 Å². The van der Waals surface area contributed by atoms with E-state index in [2.05, 4.69) is 25.9 Å². The third-order valence-electron chi connectivity index (χ3n) is 2.08. The Morgan fingerprint density at radius 3 is 2.61 bits per heavy atom. The number of rotatable bonds is 3. The van der Waals surface area contributed by atoms with E-state index in [0.717, 1.165) is 0 Å². The fourth-order valence-electron chi connectivity index (χ4n) is 1.21. The summed E-state index contributed by atoms with van der Waals surface area (Å²) in [6.45, 7) is 0.241. The first-order valence-corrected chi connectivity index (χ1v) is 6.45. The van der Waals surface area contributed by atoms with Crippen LogP contribution < -0.4 is 10.5 Å². The second kappa shape index (κ2) is 5.73. The highest BCUT2D eigenvalue weighted by Crippen LogP contribution is 2.34. The highest BCUT2D eigenvalue weighted by Gasteiger charge is 2.07. The lowest BCUT2D eigenvalue weighted by atomic mass is 10.3. The normalized spacial score (nSPS) is 10.4. The largest absolute Gasteiger partial charge is 0.486 e. The summed E-state index contributed by atoms with van der Waals surface area (Å²) in [5, 5.41) is 0.993. The van der Waals surface area contributed by atoms with Gasteiger partial charge in [-0.1, -0.05) is 23.2 Å². The summed E-state index contributed by atoms with van der Waals surface area (Å²) >= 11 is 15.3. The van der Waals surface area contributed by atoms with Crippen molar-refractivity contribution in [2.24, 2.45) is 0 Å². The molecule has 0 aliphatic heterocycles. The number of nitrogens with two attached hydrogens (primary N) is 1. The third kappa shape index (κ3) is 3.25. The van der Waals surface area contributed by atoms with Crippen molar-refractivity contribution in [1.29, 1.82) is 0 Å². The number of hydrogen-bond acceptors (Lipinski definition) is 4. The van der Waals surface area contributed by atoms with Crippen molar-refractivity contribution in [2.45, 2.75) is 6.61 Å². The molecule has 0 atom stereocenters. The maximum atomic E-state index is 6.02. The molecule has 0 spiro atoms. The van der Waals surface area contributed by atoms with Gasteiger partial charge in [-0.25, -0.2) is 4.98 Å². The number of hydrogen-bond donors (Lipinski definition) is 1.